The third-order valence-corrected chi connectivity index (χ3v) is 3.54. The molecule has 1 fully saturated rings. The predicted octanol–water partition coefficient (Wildman–Crippen LogP) is 2.55. The molecule has 0 aromatic heterocycles. The van der Waals surface area contributed by atoms with Crippen LogP contribution in [0.1, 0.15) is 39.5 Å². The molecule has 0 spiro atoms. The van der Waals surface area contributed by atoms with E-state index in [1.807, 2.05) is 0 Å². The first-order valence-corrected chi connectivity index (χ1v) is 5.75. The molecule has 0 heterocycles. The third kappa shape index (κ3) is 2.51. The Labute approximate surface area is 91.8 Å². The molecule has 0 aliphatic heterocycles. The first-order chi connectivity index (χ1) is 7.03. The molecular formula is C12H22O3. The zero-order valence-electron chi connectivity index (χ0n) is 9.95. The van der Waals surface area contributed by atoms with Gasteiger partial charge < -0.3 is 9.84 Å². The lowest BCUT2D eigenvalue weighted by Gasteiger charge is -2.31. The summed E-state index contributed by atoms with van der Waals surface area (Å²) in [6.07, 6.45) is 3.82. The van der Waals surface area contributed by atoms with Crippen LogP contribution in [0.2, 0.25) is 0 Å². The van der Waals surface area contributed by atoms with E-state index in [2.05, 4.69) is 13.8 Å². The minimum Gasteiger partial charge on any atom is -0.481 e. The molecule has 0 radical (unpaired) electrons. The third-order valence-electron chi connectivity index (χ3n) is 3.54. The standard InChI is InChI=1S/C12H22O3/c1-9(2)7-10-5-4-6-12(10,8-15-3)11(13)14/h9-10H,4-8H2,1-3H3,(H,13,14). The lowest BCUT2D eigenvalue weighted by Crippen LogP contribution is -2.39. The number of hydrogen-bond acceptors (Lipinski definition) is 2. The molecule has 0 amide bonds. The molecule has 15 heavy (non-hydrogen) atoms. The van der Waals surface area contributed by atoms with Crippen molar-refractivity contribution in [2.24, 2.45) is 17.3 Å². The second kappa shape index (κ2) is 4.97. The van der Waals surface area contributed by atoms with Crippen LogP contribution in [0.15, 0.2) is 0 Å². The first kappa shape index (κ1) is 12.5. The Morgan fingerprint density at radius 1 is 1.60 bits per heavy atom. The number of aliphatic carboxylic acids is 1. The highest BCUT2D eigenvalue weighted by molar-refractivity contribution is 5.75. The smallest absolute Gasteiger partial charge is 0.312 e. The van der Waals surface area contributed by atoms with Crippen LogP contribution in [-0.2, 0) is 9.53 Å². The zero-order valence-corrected chi connectivity index (χ0v) is 9.95. The van der Waals surface area contributed by atoms with Crippen LogP contribution in [0.5, 0.6) is 0 Å². The van der Waals surface area contributed by atoms with Crippen molar-refractivity contribution in [3.63, 3.8) is 0 Å². The number of carbonyl (C=O) groups is 1. The molecule has 0 bridgehead atoms. The summed E-state index contributed by atoms with van der Waals surface area (Å²) in [6, 6.07) is 0. The van der Waals surface area contributed by atoms with E-state index >= 15 is 0 Å². The lowest BCUT2D eigenvalue weighted by molar-refractivity contribution is -0.155. The van der Waals surface area contributed by atoms with Gasteiger partial charge in [0, 0.05) is 7.11 Å². The van der Waals surface area contributed by atoms with Crippen molar-refractivity contribution in [2.75, 3.05) is 13.7 Å². The van der Waals surface area contributed by atoms with E-state index in [0.717, 1.165) is 25.7 Å². The number of carboxylic acid groups (broad SMARTS) is 1. The van der Waals surface area contributed by atoms with Crippen molar-refractivity contribution in [3.8, 4) is 0 Å². The van der Waals surface area contributed by atoms with Gasteiger partial charge in [-0.1, -0.05) is 20.3 Å². The van der Waals surface area contributed by atoms with Gasteiger partial charge in [-0.3, -0.25) is 4.79 Å². The molecule has 2 atom stereocenters. The normalized spacial score (nSPS) is 31.1. The van der Waals surface area contributed by atoms with E-state index in [0.29, 0.717) is 12.5 Å². The molecule has 0 aromatic rings. The lowest BCUT2D eigenvalue weighted by atomic mass is 9.75. The van der Waals surface area contributed by atoms with Crippen LogP contribution < -0.4 is 0 Å². The number of hydrogen-bond donors (Lipinski definition) is 1. The van der Waals surface area contributed by atoms with E-state index in [1.54, 1.807) is 7.11 Å². The van der Waals surface area contributed by atoms with Crippen molar-refractivity contribution in [1.82, 2.24) is 0 Å². The van der Waals surface area contributed by atoms with Crippen LogP contribution in [-0.4, -0.2) is 24.8 Å². The average molecular weight is 214 g/mol. The zero-order chi connectivity index (χ0) is 11.5. The Morgan fingerprint density at radius 3 is 2.73 bits per heavy atom. The van der Waals surface area contributed by atoms with Gasteiger partial charge in [-0.05, 0) is 31.1 Å². The van der Waals surface area contributed by atoms with Crippen molar-refractivity contribution in [3.05, 3.63) is 0 Å². The van der Waals surface area contributed by atoms with Gasteiger partial charge in [0.1, 0.15) is 0 Å². The first-order valence-electron chi connectivity index (χ1n) is 5.75. The van der Waals surface area contributed by atoms with Gasteiger partial charge in [0.25, 0.3) is 0 Å². The van der Waals surface area contributed by atoms with E-state index < -0.39 is 11.4 Å². The predicted molar refractivity (Wildman–Crippen MR) is 58.7 cm³/mol. The highest BCUT2D eigenvalue weighted by Gasteiger charge is 2.49. The Morgan fingerprint density at radius 2 is 2.27 bits per heavy atom. The maximum atomic E-state index is 11.4. The molecule has 0 saturated heterocycles. The summed E-state index contributed by atoms with van der Waals surface area (Å²) in [6.45, 7) is 4.66. The van der Waals surface area contributed by atoms with Crippen LogP contribution in [0.25, 0.3) is 0 Å². The fourth-order valence-electron chi connectivity index (χ4n) is 2.85. The van der Waals surface area contributed by atoms with Crippen LogP contribution >= 0.6 is 0 Å². The van der Waals surface area contributed by atoms with E-state index in [9.17, 15) is 9.90 Å². The quantitative estimate of drug-likeness (QED) is 0.765. The highest BCUT2D eigenvalue weighted by Crippen LogP contribution is 2.46. The molecule has 1 saturated carbocycles. The molecule has 1 N–H and O–H groups in total. The number of methoxy groups -OCH3 is 1. The van der Waals surface area contributed by atoms with Crippen LogP contribution in [0.4, 0.5) is 0 Å². The summed E-state index contributed by atoms with van der Waals surface area (Å²) in [5.74, 6) is 0.172. The van der Waals surface area contributed by atoms with E-state index in [1.165, 1.54) is 0 Å². The topological polar surface area (TPSA) is 46.5 Å². The van der Waals surface area contributed by atoms with Gasteiger partial charge in [-0.15, -0.1) is 0 Å². The summed E-state index contributed by atoms with van der Waals surface area (Å²) in [4.78, 5) is 11.4. The van der Waals surface area contributed by atoms with Crippen molar-refractivity contribution < 1.29 is 14.6 Å². The molecule has 88 valence electrons. The maximum absolute atomic E-state index is 11.4. The maximum Gasteiger partial charge on any atom is 0.312 e. The van der Waals surface area contributed by atoms with E-state index in [-0.39, 0.29) is 5.92 Å². The van der Waals surface area contributed by atoms with Crippen LogP contribution in [0.3, 0.4) is 0 Å². The van der Waals surface area contributed by atoms with Gasteiger partial charge >= 0.3 is 5.97 Å². The Bertz CT molecular complexity index is 225. The number of rotatable bonds is 5. The molecule has 1 aliphatic carbocycles. The fraction of sp³-hybridized carbons (Fsp3) is 0.917. The Hall–Kier alpha value is -0.570. The van der Waals surface area contributed by atoms with Crippen LogP contribution in [0, 0.1) is 17.3 Å². The largest absolute Gasteiger partial charge is 0.481 e. The summed E-state index contributed by atoms with van der Waals surface area (Å²) in [5.41, 5.74) is -0.612. The van der Waals surface area contributed by atoms with Crippen molar-refractivity contribution in [2.45, 2.75) is 39.5 Å². The summed E-state index contributed by atoms with van der Waals surface area (Å²) in [7, 11) is 1.59. The van der Waals surface area contributed by atoms with E-state index in [4.69, 9.17) is 4.74 Å². The van der Waals surface area contributed by atoms with Gasteiger partial charge in [-0.25, -0.2) is 0 Å². The fourth-order valence-corrected chi connectivity index (χ4v) is 2.85. The summed E-state index contributed by atoms with van der Waals surface area (Å²) >= 11 is 0. The minimum absolute atomic E-state index is 0.287. The molecule has 3 nitrogen and oxygen atoms in total. The number of ether oxygens (including phenoxy) is 1. The molecule has 2 unspecified atom stereocenters. The molecule has 1 rings (SSSR count). The highest BCUT2D eigenvalue weighted by atomic mass is 16.5. The number of carboxylic acids is 1. The minimum atomic E-state index is -0.674. The Kier molecular flexibility index (Phi) is 4.14. The Balaban J connectivity index is 2.79. The molecule has 0 aromatic carbocycles. The molecule has 3 heteroatoms. The van der Waals surface area contributed by atoms with Gasteiger partial charge in [0.15, 0.2) is 0 Å². The van der Waals surface area contributed by atoms with Gasteiger partial charge in [-0.2, -0.15) is 0 Å². The summed E-state index contributed by atoms with van der Waals surface area (Å²) < 4.78 is 5.12. The van der Waals surface area contributed by atoms with Crippen molar-refractivity contribution >= 4 is 5.97 Å². The molecule has 1 aliphatic rings. The second-order valence-electron chi connectivity index (χ2n) is 5.11. The monoisotopic (exact) mass is 214 g/mol. The SMILES string of the molecule is COCC1(C(=O)O)CCCC1CC(C)C. The summed E-state index contributed by atoms with van der Waals surface area (Å²) in [5, 5.41) is 9.40. The molecular weight excluding hydrogens is 192 g/mol. The average Bonchev–Trinajstić information content (AvgIpc) is 2.49. The van der Waals surface area contributed by atoms with Gasteiger partial charge in [0.05, 0.1) is 12.0 Å². The second-order valence-corrected chi connectivity index (χ2v) is 5.11. The van der Waals surface area contributed by atoms with Gasteiger partial charge in [0.2, 0.25) is 0 Å². The van der Waals surface area contributed by atoms with Crippen molar-refractivity contribution in [1.29, 1.82) is 0 Å².